The molecule has 0 amide bonds. The van der Waals surface area contributed by atoms with Crippen molar-refractivity contribution in [3.8, 4) is 0 Å². The second-order valence-corrected chi connectivity index (χ2v) is 15.0. The maximum atomic E-state index is 14.0. The third-order valence-corrected chi connectivity index (χ3v) is 12.8. The molecule has 0 aromatic heterocycles. The molecule has 13 nitrogen and oxygen atoms in total. The summed E-state index contributed by atoms with van der Waals surface area (Å²) in [6, 6.07) is 0. The molecule has 6 fully saturated rings. The van der Waals surface area contributed by atoms with Gasteiger partial charge in [0.1, 0.15) is 48.8 Å². The van der Waals surface area contributed by atoms with Crippen LogP contribution in [0.5, 0.6) is 0 Å². The van der Waals surface area contributed by atoms with Gasteiger partial charge in [-0.1, -0.05) is 19.9 Å². The molecule has 0 radical (unpaired) electrons. The van der Waals surface area contributed by atoms with Crippen LogP contribution >= 0.6 is 0 Å². The van der Waals surface area contributed by atoms with Crippen LogP contribution in [-0.4, -0.2) is 128 Å². The van der Waals surface area contributed by atoms with Crippen LogP contribution < -0.4 is 0 Å². The molecule has 4 aliphatic carbocycles. The van der Waals surface area contributed by atoms with Gasteiger partial charge in [-0.2, -0.15) is 0 Å². The van der Waals surface area contributed by atoms with Crippen molar-refractivity contribution in [3.63, 3.8) is 0 Å². The van der Waals surface area contributed by atoms with Gasteiger partial charge in [-0.25, -0.2) is 0 Å². The Bertz CT molecular complexity index is 1130. The quantitative estimate of drug-likeness (QED) is 0.130. The molecule has 6 aliphatic rings. The molecule has 6 rings (SSSR count). The van der Waals surface area contributed by atoms with Gasteiger partial charge in [-0.15, -0.1) is 0 Å². The first-order valence-corrected chi connectivity index (χ1v) is 16.4. The van der Waals surface area contributed by atoms with Crippen LogP contribution in [0.25, 0.3) is 0 Å². The van der Waals surface area contributed by atoms with Gasteiger partial charge in [0, 0.05) is 5.41 Å². The van der Waals surface area contributed by atoms with Crippen LogP contribution in [0.4, 0.5) is 0 Å². The van der Waals surface area contributed by atoms with Crippen LogP contribution in [0, 0.1) is 34.0 Å². The van der Waals surface area contributed by atoms with Gasteiger partial charge in [0.15, 0.2) is 6.29 Å². The van der Waals surface area contributed by atoms with E-state index in [1.807, 2.05) is 6.92 Å². The highest BCUT2D eigenvalue weighted by Crippen LogP contribution is 2.73. The molecule has 0 aromatic rings. The number of carbonyl (C=O) groups excluding carboxylic acids is 1. The van der Waals surface area contributed by atoms with Crippen molar-refractivity contribution >= 4 is 5.97 Å². The average Bonchev–Trinajstić information content (AvgIpc) is 3.20. The Balaban J connectivity index is 1.25. The standard InChI is InChI=1S/C32H50O13/c1-14-15-5-6-19-30(2)8-4-9-31(3,29(41)45-28-25(40)23(38)21(36)17(13-34)43-28)18(30)7-10-32(19,11-15)26(14)44-27-24(39)22(37)20(35)16(12-33)42-27/h15-28,33-40H,1,4-13H2,2-3H3/t15-,16+,17+,18-,19-,20+,21+,22-,23-,24+,25+,26-,27-,28-,30+,31+,32+/m0/s1. The molecule has 8 N–H and O–H groups in total. The van der Waals surface area contributed by atoms with Crippen molar-refractivity contribution in [3.05, 3.63) is 12.2 Å². The van der Waals surface area contributed by atoms with E-state index < -0.39 is 92.1 Å². The zero-order chi connectivity index (χ0) is 32.6. The van der Waals surface area contributed by atoms with E-state index in [-0.39, 0.29) is 28.6 Å². The van der Waals surface area contributed by atoms with Crippen LogP contribution in [0.15, 0.2) is 12.2 Å². The maximum Gasteiger partial charge on any atom is 0.314 e. The molecular weight excluding hydrogens is 592 g/mol. The van der Waals surface area contributed by atoms with E-state index in [4.69, 9.17) is 18.9 Å². The third-order valence-electron chi connectivity index (χ3n) is 12.8. The number of esters is 1. The summed E-state index contributed by atoms with van der Waals surface area (Å²) in [4.78, 5) is 14.0. The lowest BCUT2D eigenvalue weighted by Gasteiger charge is -2.64. The molecule has 0 aromatic carbocycles. The number of fused-ring (bicyclic) bond motifs is 3. The molecule has 2 aliphatic heterocycles. The molecule has 13 heteroatoms. The Hall–Kier alpha value is -1.23. The van der Waals surface area contributed by atoms with Crippen molar-refractivity contribution in [2.45, 2.75) is 133 Å². The van der Waals surface area contributed by atoms with E-state index in [1.165, 1.54) is 0 Å². The highest BCUT2D eigenvalue weighted by Gasteiger charge is 2.69. The summed E-state index contributed by atoms with van der Waals surface area (Å²) >= 11 is 0. The summed E-state index contributed by atoms with van der Waals surface area (Å²) in [7, 11) is 0. The van der Waals surface area contributed by atoms with E-state index in [9.17, 15) is 45.6 Å². The minimum Gasteiger partial charge on any atom is -0.432 e. The normalized spacial score (nSPS) is 54.7. The smallest absolute Gasteiger partial charge is 0.314 e. The lowest BCUT2D eigenvalue weighted by molar-refractivity contribution is -0.321. The highest BCUT2D eigenvalue weighted by atomic mass is 16.7. The average molecular weight is 643 g/mol. The van der Waals surface area contributed by atoms with Crippen molar-refractivity contribution in [1.82, 2.24) is 0 Å². The molecule has 17 atom stereocenters. The second kappa shape index (κ2) is 12.0. The highest BCUT2D eigenvalue weighted by molar-refractivity contribution is 5.77. The summed E-state index contributed by atoms with van der Waals surface area (Å²) < 4.78 is 23.5. The number of rotatable bonds is 6. The summed E-state index contributed by atoms with van der Waals surface area (Å²) in [5, 5.41) is 81.7. The molecule has 2 saturated heterocycles. The predicted octanol–water partition coefficient (Wildman–Crippen LogP) is -0.906. The van der Waals surface area contributed by atoms with Gasteiger partial charge in [0.2, 0.25) is 6.29 Å². The Morgan fingerprint density at radius 1 is 0.800 bits per heavy atom. The minimum atomic E-state index is -1.68. The first kappa shape index (κ1) is 33.7. The number of carbonyl (C=O) groups is 1. The lowest BCUT2D eigenvalue weighted by Crippen LogP contribution is -2.63. The van der Waals surface area contributed by atoms with Crippen LogP contribution in [-0.2, 0) is 23.7 Å². The summed E-state index contributed by atoms with van der Waals surface area (Å²) in [5.41, 5.74) is -0.694. The van der Waals surface area contributed by atoms with Gasteiger partial charge in [-0.05, 0) is 80.6 Å². The van der Waals surface area contributed by atoms with Crippen LogP contribution in [0.3, 0.4) is 0 Å². The fourth-order valence-corrected chi connectivity index (χ4v) is 10.5. The number of aliphatic hydroxyl groups is 8. The maximum absolute atomic E-state index is 14.0. The van der Waals surface area contributed by atoms with Gasteiger partial charge in [0.25, 0.3) is 0 Å². The van der Waals surface area contributed by atoms with Gasteiger partial charge in [0.05, 0.1) is 24.7 Å². The Kier molecular flexibility index (Phi) is 9.00. The molecule has 2 heterocycles. The number of hydrogen-bond donors (Lipinski definition) is 8. The fourth-order valence-electron chi connectivity index (χ4n) is 10.5. The predicted molar refractivity (Wildman–Crippen MR) is 154 cm³/mol. The van der Waals surface area contributed by atoms with E-state index in [2.05, 4.69) is 13.5 Å². The summed E-state index contributed by atoms with van der Waals surface area (Å²) in [6.07, 6.45) is -8.85. The molecule has 4 saturated carbocycles. The molecular formula is C32H50O13. The van der Waals surface area contributed by atoms with Crippen molar-refractivity contribution in [2.75, 3.05) is 13.2 Å². The van der Waals surface area contributed by atoms with Crippen molar-refractivity contribution < 1.29 is 64.6 Å². The topological polar surface area (TPSA) is 216 Å². The zero-order valence-electron chi connectivity index (χ0n) is 26.0. The fraction of sp³-hybridized carbons (Fsp3) is 0.906. The van der Waals surface area contributed by atoms with E-state index >= 15 is 0 Å². The first-order chi connectivity index (χ1) is 21.2. The minimum absolute atomic E-state index is 0.0925. The molecule has 2 bridgehead atoms. The molecule has 0 unspecified atom stereocenters. The molecule has 256 valence electrons. The number of ether oxygens (including phenoxy) is 4. The van der Waals surface area contributed by atoms with Gasteiger partial charge >= 0.3 is 5.97 Å². The third kappa shape index (κ3) is 5.04. The SMILES string of the molecule is C=C1[C@H]2CC[C@H]3[C@]4(C)CCC[C@@](C)(C(=O)O[C@@H]5O[C@H](CO)[C@@H](O)[C@H](O)[C@H]5O)[C@H]4CC[C@]3(C2)[C@H]1O[C@@H]1O[C@H](CO)[C@@H](O)[C@H](O)[C@H]1O. The number of aliphatic hydroxyl groups excluding tert-OH is 8. The van der Waals surface area contributed by atoms with Gasteiger partial charge < -0.3 is 59.8 Å². The largest absolute Gasteiger partial charge is 0.432 e. The van der Waals surface area contributed by atoms with E-state index in [0.29, 0.717) is 19.3 Å². The van der Waals surface area contributed by atoms with Crippen LogP contribution in [0.2, 0.25) is 0 Å². The van der Waals surface area contributed by atoms with Crippen molar-refractivity contribution in [2.24, 2.45) is 34.0 Å². The molecule has 45 heavy (non-hydrogen) atoms. The second-order valence-electron chi connectivity index (χ2n) is 15.0. The monoisotopic (exact) mass is 642 g/mol. The Labute approximate surface area is 262 Å². The Morgan fingerprint density at radius 3 is 2.02 bits per heavy atom. The number of hydrogen-bond acceptors (Lipinski definition) is 13. The van der Waals surface area contributed by atoms with Gasteiger partial charge in [-0.3, -0.25) is 4.79 Å². The zero-order valence-corrected chi connectivity index (χ0v) is 26.0. The lowest BCUT2D eigenvalue weighted by atomic mass is 9.40. The van der Waals surface area contributed by atoms with Crippen LogP contribution in [0.1, 0.15) is 65.2 Å². The summed E-state index contributed by atoms with van der Waals surface area (Å²) in [5.74, 6) is -0.321. The molecule has 1 spiro atoms. The van der Waals surface area contributed by atoms with Crippen molar-refractivity contribution in [1.29, 1.82) is 0 Å². The first-order valence-electron chi connectivity index (χ1n) is 16.4. The van der Waals surface area contributed by atoms with E-state index in [1.54, 1.807) is 0 Å². The summed E-state index contributed by atoms with van der Waals surface area (Å²) in [6.45, 7) is 7.36. The van der Waals surface area contributed by atoms with E-state index in [0.717, 1.165) is 37.7 Å². The Morgan fingerprint density at radius 2 is 1.40 bits per heavy atom.